The van der Waals surface area contributed by atoms with Crippen molar-refractivity contribution in [1.82, 2.24) is 9.55 Å². The Kier molecular flexibility index (Phi) is 4.76. The molecule has 0 aliphatic carbocycles. The Balaban J connectivity index is 1.72. The number of rotatable bonds is 3. The van der Waals surface area contributed by atoms with E-state index in [1.807, 2.05) is 24.3 Å². The summed E-state index contributed by atoms with van der Waals surface area (Å²) < 4.78 is 1.61. The minimum atomic E-state index is -0.242. The molecule has 2 heterocycles. The minimum Gasteiger partial charge on any atom is -0.326 e. The average Bonchev–Trinajstić information content (AvgIpc) is 2.58. The van der Waals surface area contributed by atoms with Crippen LogP contribution in [-0.2, 0) is 11.3 Å². The van der Waals surface area contributed by atoms with Crippen LogP contribution in [0.15, 0.2) is 40.4 Å². The lowest BCUT2D eigenvalue weighted by Gasteiger charge is -2.24. The molecule has 1 aliphatic heterocycles. The van der Waals surface area contributed by atoms with Crippen LogP contribution in [0.25, 0.3) is 0 Å². The maximum atomic E-state index is 12.5. The zero-order valence-electron chi connectivity index (χ0n) is 14.1. The fourth-order valence-corrected chi connectivity index (χ4v) is 3.70. The van der Waals surface area contributed by atoms with Gasteiger partial charge in [0.2, 0.25) is 5.91 Å². The van der Waals surface area contributed by atoms with Crippen LogP contribution in [0, 0.1) is 12.8 Å². The van der Waals surface area contributed by atoms with Gasteiger partial charge in [0.1, 0.15) is 0 Å². The van der Waals surface area contributed by atoms with Crippen molar-refractivity contribution >= 4 is 23.4 Å². The molecule has 1 N–H and O–H groups in total. The second-order valence-corrected chi connectivity index (χ2v) is 7.40. The highest BCUT2D eigenvalue weighted by atomic mass is 32.2. The summed E-state index contributed by atoms with van der Waals surface area (Å²) >= 11 is 1.46. The predicted molar refractivity (Wildman–Crippen MR) is 96.6 cm³/mol. The molecule has 1 aromatic carbocycles. The van der Waals surface area contributed by atoms with Crippen LogP contribution in [0.1, 0.15) is 30.9 Å². The molecule has 24 heavy (non-hydrogen) atoms. The Labute approximate surface area is 145 Å². The number of carbonyl (C=O) groups excluding carboxylic acids is 1. The van der Waals surface area contributed by atoms with Gasteiger partial charge in [-0.2, -0.15) is 0 Å². The number of amides is 1. The Morgan fingerprint density at radius 2 is 2.04 bits per heavy atom. The Morgan fingerprint density at radius 3 is 2.71 bits per heavy atom. The number of fused-ring (bicyclic) bond motifs is 1. The highest BCUT2D eigenvalue weighted by molar-refractivity contribution is 7.99. The first-order valence-corrected chi connectivity index (χ1v) is 9.04. The van der Waals surface area contributed by atoms with Crippen LogP contribution in [0.5, 0.6) is 0 Å². The molecule has 0 bridgehead atoms. The molecule has 0 saturated heterocycles. The van der Waals surface area contributed by atoms with Crippen LogP contribution in [-0.4, -0.2) is 21.2 Å². The molecule has 3 rings (SSSR count). The van der Waals surface area contributed by atoms with Crippen molar-refractivity contribution in [2.24, 2.45) is 5.92 Å². The van der Waals surface area contributed by atoms with Crippen LogP contribution < -0.4 is 10.9 Å². The predicted octanol–water partition coefficient (Wildman–Crippen LogP) is 3.04. The standard InChI is InChI=1S/C18H21N3O2S/c1-11(2)13-4-6-15(7-5-13)20-16(22)14-9-21-17(23)12(3)8-19-18(21)24-10-14/h4-8,11,14H,9-10H2,1-3H3,(H,20,22). The fourth-order valence-electron chi connectivity index (χ4n) is 2.66. The third kappa shape index (κ3) is 3.38. The van der Waals surface area contributed by atoms with Gasteiger partial charge in [-0.05, 0) is 30.5 Å². The van der Waals surface area contributed by atoms with E-state index < -0.39 is 0 Å². The van der Waals surface area contributed by atoms with Crippen LogP contribution in [0.3, 0.4) is 0 Å². The number of anilines is 1. The molecule has 1 amide bonds. The number of nitrogens with one attached hydrogen (secondary N) is 1. The van der Waals surface area contributed by atoms with E-state index in [1.165, 1.54) is 17.3 Å². The van der Waals surface area contributed by atoms with Crippen molar-refractivity contribution in [1.29, 1.82) is 0 Å². The summed E-state index contributed by atoms with van der Waals surface area (Å²) in [5.41, 5.74) is 2.56. The van der Waals surface area contributed by atoms with E-state index in [1.54, 1.807) is 17.7 Å². The number of aromatic nitrogens is 2. The number of aryl methyl sites for hydroxylation is 1. The normalized spacial score (nSPS) is 16.8. The number of hydrogen-bond acceptors (Lipinski definition) is 4. The quantitative estimate of drug-likeness (QED) is 0.870. The zero-order chi connectivity index (χ0) is 17.3. The molecule has 0 radical (unpaired) electrons. The molecule has 0 spiro atoms. The molecule has 0 saturated carbocycles. The lowest BCUT2D eigenvalue weighted by molar-refractivity contribution is -0.119. The molecule has 6 heteroatoms. The molecule has 0 fully saturated rings. The van der Waals surface area contributed by atoms with Gasteiger partial charge in [-0.3, -0.25) is 14.2 Å². The van der Waals surface area contributed by atoms with Crippen LogP contribution >= 0.6 is 11.8 Å². The molecule has 1 unspecified atom stereocenters. The monoisotopic (exact) mass is 343 g/mol. The average molecular weight is 343 g/mol. The number of thioether (sulfide) groups is 1. The van der Waals surface area contributed by atoms with E-state index in [9.17, 15) is 9.59 Å². The third-order valence-corrected chi connectivity index (χ3v) is 5.37. The summed E-state index contributed by atoms with van der Waals surface area (Å²) in [5.74, 6) is 0.793. The highest BCUT2D eigenvalue weighted by Crippen LogP contribution is 2.26. The van der Waals surface area contributed by atoms with Gasteiger partial charge in [0.05, 0.1) is 5.92 Å². The maximum Gasteiger partial charge on any atom is 0.257 e. The smallest absolute Gasteiger partial charge is 0.257 e. The number of nitrogens with zero attached hydrogens (tertiary/aromatic N) is 2. The van der Waals surface area contributed by atoms with Crippen molar-refractivity contribution < 1.29 is 4.79 Å². The molecule has 5 nitrogen and oxygen atoms in total. The summed E-state index contributed by atoms with van der Waals surface area (Å²) in [6.07, 6.45) is 1.60. The van der Waals surface area contributed by atoms with Gasteiger partial charge in [-0.25, -0.2) is 4.98 Å². The summed E-state index contributed by atoms with van der Waals surface area (Å²) in [6.45, 7) is 6.40. The topological polar surface area (TPSA) is 64.0 Å². The Morgan fingerprint density at radius 1 is 1.33 bits per heavy atom. The molecular weight excluding hydrogens is 322 g/mol. The van der Waals surface area contributed by atoms with Crippen molar-refractivity contribution in [2.45, 2.75) is 38.4 Å². The maximum absolute atomic E-state index is 12.5. The third-order valence-electron chi connectivity index (χ3n) is 4.21. The second kappa shape index (κ2) is 6.81. The zero-order valence-corrected chi connectivity index (χ0v) is 14.9. The molecule has 1 atom stereocenters. The number of carbonyl (C=O) groups is 1. The SMILES string of the molecule is Cc1cnc2n(c1=O)CC(C(=O)Nc1ccc(C(C)C)cc1)CS2. The first kappa shape index (κ1) is 16.8. The Bertz CT molecular complexity index is 812. The van der Waals surface area contributed by atoms with Gasteiger partial charge in [0.25, 0.3) is 5.56 Å². The molecule has 126 valence electrons. The van der Waals surface area contributed by atoms with Crippen molar-refractivity contribution in [3.05, 3.63) is 51.9 Å². The van der Waals surface area contributed by atoms with Crippen molar-refractivity contribution in [2.75, 3.05) is 11.1 Å². The van der Waals surface area contributed by atoms with Crippen LogP contribution in [0.4, 0.5) is 5.69 Å². The lowest BCUT2D eigenvalue weighted by Crippen LogP contribution is -2.37. The first-order valence-electron chi connectivity index (χ1n) is 8.05. The van der Waals surface area contributed by atoms with Gasteiger partial charge < -0.3 is 5.32 Å². The summed E-state index contributed by atoms with van der Waals surface area (Å²) in [6, 6.07) is 7.91. The van der Waals surface area contributed by atoms with E-state index in [0.717, 1.165) is 5.69 Å². The molecule has 1 aliphatic rings. The summed E-state index contributed by atoms with van der Waals surface area (Å²) in [4.78, 5) is 29.0. The van der Waals surface area contributed by atoms with E-state index in [0.29, 0.717) is 28.9 Å². The van der Waals surface area contributed by atoms with Gasteiger partial charge in [-0.15, -0.1) is 0 Å². The minimum absolute atomic E-state index is 0.0566. The van der Waals surface area contributed by atoms with Crippen molar-refractivity contribution in [3.8, 4) is 0 Å². The lowest BCUT2D eigenvalue weighted by atomic mass is 10.0. The summed E-state index contributed by atoms with van der Waals surface area (Å²) in [7, 11) is 0. The second-order valence-electron chi connectivity index (χ2n) is 6.41. The highest BCUT2D eigenvalue weighted by Gasteiger charge is 2.27. The van der Waals surface area contributed by atoms with Gasteiger partial charge >= 0.3 is 0 Å². The number of hydrogen-bond donors (Lipinski definition) is 1. The van der Waals surface area contributed by atoms with Gasteiger partial charge in [0.15, 0.2) is 5.16 Å². The molecule has 2 aromatic rings. The largest absolute Gasteiger partial charge is 0.326 e. The first-order chi connectivity index (χ1) is 11.5. The molecule has 1 aromatic heterocycles. The van der Waals surface area contributed by atoms with Gasteiger partial charge in [-0.1, -0.05) is 37.7 Å². The Hall–Kier alpha value is -2.08. The number of benzene rings is 1. The van der Waals surface area contributed by atoms with Gasteiger partial charge in [0, 0.05) is 29.7 Å². The van der Waals surface area contributed by atoms with E-state index in [4.69, 9.17) is 0 Å². The van der Waals surface area contributed by atoms with Crippen molar-refractivity contribution in [3.63, 3.8) is 0 Å². The van der Waals surface area contributed by atoms with E-state index >= 15 is 0 Å². The van der Waals surface area contributed by atoms with Crippen LogP contribution in [0.2, 0.25) is 0 Å². The van der Waals surface area contributed by atoms with E-state index in [2.05, 4.69) is 24.1 Å². The fraction of sp³-hybridized carbons (Fsp3) is 0.389. The van der Waals surface area contributed by atoms with E-state index in [-0.39, 0.29) is 17.4 Å². The summed E-state index contributed by atoms with van der Waals surface area (Å²) in [5, 5.41) is 3.65. The molecular formula is C18H21N3O2S.